The predicted molar refractivity (Wildman–Crippen MR) is 92.2 cm³/mol. The van der Waals surface area contributed by atoms with Crippen LogP contribution in [0.5, 0.6) is 0 Å². The van der Waals surface area contributed by atoms with Crippen LogP contribution >= 0.6 is 0 Å². The number of rotatable bonds is 11. The molecule has 0 aliphatic carbocycles. The highest BCUT2D eigenvalue weighted by molar-refractivity contribution is 6.76. The Hall–Kier alpha value is 0.274. The van der Waals surface area contributed by atoms with E-state index in [1.165, 1.54) is 18.9 Å². The molecule has 0 radical (unpaired) electrons. The minimum atomic E-state index is -1.91. The van der Waals surface area contributed by atoms with Gasteiger partial charge >= 0.3 is 8.72 Å². The van der Waals surface area contributed by atoms with E-state index in [9.17, 15) is 0 Å². The first-order chi connectivity index (χ1) is 8.85. The molecule has 0 aromatic heterocycles. The summed E-state index contributed by atoms with van der Waals surface area (Å²) in [5.74, 6) is 0. The van der Waals surface area contributed by atoms with Crippen LogP contribution in [0.3, 0.4) is 0 Å². The molecule has 0 saturated carbocycles. The van der Waals surface area contributed by atoms with Crippen LogP contribution in [0.25, 0.3) is 0 Å². The molecule has 0 aliphatic rings. The summed E-state index contributed by atoms with van der Waals surface area (Å²) in [4.78, 5) is 11.0. The zero-order chi connectivity index (χ0) is 14.9. The molecule has 0 unspecified atom stereocenters. The van der Waals surface area contributed by atoms with E-state index in [2.05, 4.69) is 67.1 Å². The minimum Gasteiger partial charge on any atom is -0.303 e. The van der Waals surface area contributed by atoms with Crippen LogP contribution in [0.2, 0.25) is 25.7 Å². The smallest absolute Gasteiger partial charge is 0.303 e. The average molecular weight is 305 g/mol. The van der Waals surface area contributed by atoms with Gasteiger partial charge in [0.15, 0.2) is 0 Å². The van der Waals surface area contributed by atoms with Crippen molar-refractivity contribution in [2.45, 2.75) is 52.4 Å². The van der Waals surface area contributed by atoms with Crippen molar-refractivity contribution in [2.75, 3.05) is 33.7 Å². The summed E-state index contributed by atoms with van der Waals surface area (Å²) in [7, 11) is 1.29. The second-order valence-electron chi connectivity index (χ2n) is 6.43. The van der Waals surface area contributed by atoms with Gasteiger partial charge in [0.05, 0.1) is 0 Å². The standard InChI is InChI=1S/C13H36N4Si2/c1-8-11-17(12-9-2)19(14-3,15-4)16-10-13-18(5,6)7/h14-16H,8-13H2,1-7H3. The third-order valence-electron chi connectivity index (χ3n) is 3.44. The number of nitrogens with zero attached hydrogens (tertiary/aromatic N) is 1. The van der Waals surface area contributed by atoms with Crippen LogP contribution in [0.15, 0.2) is 0 Å². The molecule has 0 amide bonds. The topological polar surface area (TPSA) is 39.3 Å². The third-order valence-corrected chi connectivity index (χ3v) is 8.80. The molecule has 3 N–H and O–H groups in total. The fourth-order valence-electron chi connectivity index (χ4n) is 2.34. The molecule has 6 heteroatoms. The largest absolute Gasteiger partial charge is 0.368 e. The number of nitrogens with one attached hydrogen (secondary N) is 3. The first kappa shape index (κ1) is 19.3. The van der Waals surface area contributed by atoms with Gasteiger partial charge in [0.1, 0.15) is 0 Å². The van der Waals surface area contributed by atoms with Gasteiger partial charge in [-0.15, -0.1) is 0 Å². The van der Waals surface area contributed by atoms with Gasteiger partial charge in [-0.2, -0.15) is 0 Å². The molecule has 116 valence electrons. The van der Waals surface area contributed by atoms with Gasteiger partial charge in [0.2, 0.25) is 0 Å². The lowest BCUT2D eigenvalue weighted by atomic mass is 10.4. The first-order valence-corrected chi connectivity index (χ1v) is 13.4. The van der Waals surface area contributed by atoms with E-state index in [1.807, 2.05) is 0 Å². The van der Waals surface area contributed by atoms with Crippen molar-refractivity contribution in [3.05, 3.63) is 0 Å². The summed E-state index contributed by atoms with van der Waals surface area (Å²) < 4.78 is 2.61. The lowest BCUT2D eigenvalue weighted by molar-refractivity contribution is 0.384. The Morgan fingerprint density at radius 2 is 1.37 bits per heavy atom. The number of hydrogen-bond acceptors (Lipinski definition) is 4. The van der Waals surface area contributed by atoms with Crippen LogP contribution < -0.4 is 14.9 Å². The van der Waals surface area contributed by atoms with Gasteiger partial charge in [-0.3, -0.25) is 4.57 Å². The summed E-state index contributed by atoms with van der Waals surface area (Å²) in [5.41, 5.74) is 0. The third kappa shape index (κ3) is 7.01. The summed E-state index contributed by atoms with van der Waals surface area (Å²) in [6, 6.07) is 1.33. The summed E-state index contributed by atoms with van der Waals surface area (Å²) in [6.07, 6.45) is 2.40. The monoisotopic (exact) mass is 304 g/mol. The summed E-state index contributed by atoms with van der Waals surface area (Å²) in [5, 5.41) is 0. The molecule has 19 heavy (non-hydrogen) atoms. The zero-order valence-corrected chi connectivity index (χ0v) is 16.2. The highest BCUT2D eigenvalue weighted by atomic mass is 28.4. The summed E-state index contributed by atoms with van der Waals surface area (Å²) in [6.45, 7) is 15.3. The SMILES string of the molecule is CCCN(CCC)[Si](NC)(NC)NCC[Si](C)(C)C. The van der Waals surface area contributed by atoms with Gasteiger partial charge in [0, 0.05) is 8.07 Å². The van der Waals surface area contributed by atoms with Gasteiger partial charge in [0.25, 0.3) is 0 Å². The van der Waals surface area contributed by atoms with Gasteiger partial charge in [-0.25, -0.2) is 0 Å². The van der Waals surface area contributed by atoms with E-state index < -0.39 is 16.8 Å². The van der Waals surface area contributed by atoms with Crippen LogP contribution in [0.4, 0.5) is 0 Å². The Labute approximate surface area is 123 Å². The predicted octanol–water partition coefficient (Wildman–Crippen LogP) is 1.91. The second-order valence-corrected chi connectivity index (χ2v) is 15.5. The molecule has 0 aromatic carbocycles. The zero-order valence-electron chi connectivity index (χ0n) is 14.2. The lowest BCUT2D eigenvalue weighted by Crippen LogP contribution is -2.80. The van der Waals surface area contributed by atoms with E-state index in [1.54, 1.807) is 0 Å². The van der Waals surface area contributed by atoms with E-state index in [0.29, 0.717) is 0 Å². The van der Waals surface area contributed by atoms with Gasteiger partial charge in [-0.05, 0) is 52.6 Å². The Kier molecular flexibility index (Phi) is 9.39. The van der Waals surface area contributed by atoms with Crippen molar-refractivity contribution in [1.82, 2.24) is 19.5 Å². The molecule has 0 aliphatic heterocycles. The van der Waals surface area contributed by atoms with E-state index in [0.717, 1.165) is 19.6 Å². The highest BCUT2D eigenvalue weighted by Crippen LogP contribution is 2.08. The molecule has 0 saturated heterocycles. The van der Waals surface area contributed by atoms with Gasteiger partial charge in [-0.1, -0.05) is 33.5 Å². The normalized spacial score (nSPS) is 13.3. The molecule has 0 aromatic rings. The fourth-order valence-corrected chi connectivity index (χ4v) is 6.52. The molecule has 0 fully saturated rings. The molecule has 0 atom stereocenters. The molecule has 0 rings (SSSR count). The number of hydrogen-bond donors (Lipinski definition) is 3. The van der Waals surface area contributed by atoms with Crippen molar-refractivity contribution in [2.24, 2.45) is 0 Å². The van der Waals surface area contributed by atoms with Crippen LogP contribution in [0.1, 0.15) is 26.7 Å². The lowest BCUT2D eigenvalue weighted by Gasteiger charge is -2.41. The van der Waals surface area contributed by atoms with Crippen LogP contribution in [-0.4, -0.2) is 55.1 Å². The maximum Gasteiger partial charge on any atom is 0.368 e. The molecular formula is C13H36N4Si2. The molecule has 0 spiro atoms. The van der Waals surface area contributed by atoms with Crippen molar-refractivity contribution >= 4 is 16.8 Å². The molecule has 0 heterocycles. The van der Waals surface area contributed by atoms with E-state index >= 15 is 0 Å². The van der Waals surface area contributed by atoms with Crippen molar-refractivity contribution < 1.29 is 0 Å². The van der Waals surface area contributed by atoms with E-state index in [4.69, 9.17) is 0 Å². The Morgan fingerprint density at radius 1 is 0.895 bits per heavy atom. The maximum absolute atomic E-state index is 3.84. The fraction of sp³-hybridized carbons (Fsp3) is 1.00. The molecular weight excluding hydrogens is 268 g/mol. The van der Waals surface area contributed by atoms with Crippen LogP contribution in [-0.2, 0) is 0 Å². The van der Waals surface area contributed by atoms with Crippen LogP contribution in [0, 0.1) is 0 Å². The highest BCUT2D eigenvalue weighted by Gasteiger charge is 2.38. The van der Waals surface area contributed by atoms with Crippen molar-refractivity contribution in [3.63, 3.8) is 0 Å². The van der Waals surface area contributed by atoms with Crippen molar-refractivity contribution in [3.8, 4) is 0 Å². The second kappa shape index (κ2) is 9.25. The first-order valence-electron chi connectivity index (χ1n) is 7.73. The van der Waals surface area contributed by atoms with E-state index in [-0.39, 0.29) is 0 Å². The van der Waals surface area contributed by atoms with Crippen molar-refractivity contribution in [1.29, 1.82) is 0 Å². The Morgan fingerprint density at radius 3 is 1.68 bits per heavy atom. The minimum absolute atomic E-state index is 0.969. The quantitative estimate of drug-likeness (QED) is 0.510. The van der Waals surface area contributed by atoms with Gasteiger partial charge < -0.3 is 14.9 Å². The summed E-state index contributed by atoms with van der Waals surface area (Å²) >= 11 is 0. The average Bonchev–Trinajstić information content (AvgIpc) is 2.34. The maximum atomic E-state index is 3.84. The Bertz CT molecular complexity index is 221. The molecule has 4 nitrogen and oxygen atoms in total. The Balaban J connectivity index is 4.69. The molecule has 0 bridgehead atoms.